The Morgan fingerprint density at radius 3 is 2.54 bits per heavy atom. The summed E-state index contributed by atoms with van der Waals surface area (Å²) in [6.07, 6.45) is 11.0. The van der Waals surface area contributed by atoms with Crippen LogP contribution in [0.4, 0.5) is 5.95 Å². The zero-order valence-electron chi connectivity index (χ0n) is 13.0. The third-order valence-corrected chi connectivity index (χ3v) is 4.56. The molecule has 8 heteroatoms. The first-order valence-electron chi connectivity index (χ1n) is 7.85. The van der Waals surface area contributed by atoms with Crippen LogP contribution in [0.25, 0.3) is 5.82 Å². The number of rotatable bonds is 3. The summed E-state index contributed by atoms with van der Waals surface area (Å²) in [5, 5.41) is 4.22. The molecule has 1 saturated heterocycles. The molecule has 3 aromatic heterocycles. The lowest BCUT2D eigenvalue weighted by molar-refractivity contribution is 0.480. The molecule has 1 aliphatic heterocycles. The van der Waals surface area contributed by atoms with Crippen molar-refractivity contribution >= 4 is 21.9 Å². The second-order valence-corrected chi connectivity index (χ2v) is 6.60. The molecule has 0 unspecified atom stereocenters. The molecule has 0 atom stereocenters. The van der Waals surface area contributed by atoms with Gasteiger partial charge in [-0.2, -0.15) is 10.1 Å². The van der Waals surface area contributed by atoms with E-state index in [1.807, 2.05) is 30.7 Å². The van der Waals surface area contributed by atoms with Crippen LogP contribution in [-0.2, 0) is 0 Å². The summed E-state index contributed by atoms with van der Waals surface area (Å²) in [6, 6.07) is 3.74. The molecular weight excluding hydrogens is 370 g/mol. The SMILES string of the molecule is Brc1cnc(C2CCN(c3nccc(-n4cccn4)n3)CC2)nc1. The topological polar surface area (TPSA) is 72.6 Å². The average Bonchev–Trinajstić information content (AvgIpc) is 3.17. The van der Waals surface area contributed by atoms with Gasteiger partial charge < -0.3 is 4.90 Å². The Hall–Kier alpha value is -2.35. The van der Waals surface area contributed by atoms with Crippen LogP contribution in [0.15, 0.2) is 47.6 Å². The maximum absolute atomic E-state index is 4.63. The fourth-order valence-corrected chi connectivity index (χ4v) is 3.10. The minimum Gasteiger partial charge on any atom is -0.341 e. The Balaban J connectivity index is 1.46. The number of nitrogens with zero attached hydrogens (tertiary/aromatic N) is 7. The normalized spacial score (nSPS) is 15.6. The van der Waals surface area contributed by atoms with E-state index < -0.39 is 0 Å². The first kappa shape index (κ1) is 15.2. The Morgan fingerprint density at radius 2 is 1.83 bits per heavy atom. The summed E-state index contributed by atoms with van der Waals surface area (Å²) in [4.78, 5) is 20.1. The van der Waals surface area contributed by atoms with Gasteiger partial charge in [0.05, 0.1) is 4.47 Å². The van der Waals surface area contributed by atoms with Crippen LogP contribution < -0.4 is 4.90 Å². The molecule has 0 spiro atoms. The molecule has 0 radical (unpaired) electrons. The van der Waals surface area contributed by atoms with E-state index in [1.165, 1.54) is 0 Å². The van der Waals surface area contributed by atoms with Crippen molar-refractivity contribution in [3.63, 3.8) is 0 Å². The van der Waals surface area contributed by atoms with Gasteiger partial charge in [-0.3, -0.25) is 0 Å². The van der Waals surface area contributed by atoms with Crippen molar-refractivity contribution in [2.75, 3.05) is 18.0 Å². The van der Waals surface area contributed by atoms with E-state index in [2.05, 4.69) is 45.9 Å². The van der Waals surface area contributed by atoms with E-state index in [1.54, 1.807) is 17.1 Å². The van der Waals surface area contributed by atoms with Gasteiger partial charge in [-0.05, 0) is 34.8 Å². The molecule has 24 heavy (non-hydrogen) atoms. The number of piperidine rings is 1. The van der Waals surface area contributed by atoms with E-state index in [0.29, 0.717) is 5.92 Å². The molecule has 0 aliphatic carbocycles. The molecule has 1 aliphatic rings. The number of aromatic nitrogens is 6. The van der Waals surface area contributed by atoms with Gasteiger partial charge in [0.15, 0.2) is 5.82 Å². The number of anilines is 1. The molecular formula is C16H16BrN7. The molecule has 0 aromatic carbocycles. The predicted molar refractivity (Wildman–Crippen MR) is 93.1 cm³/mol. The van der Waals surface area contributed by atoms with Crippen molar-refractivity contribution in [1.29, 1.82) is 0 Å². The summed E-state index contributed by atoms with van der Waals surface area (Å²) in [5.74, 6) is 2.84. The third-order valence-electron chi connectivity index (χ3n) is 4.15. The molecule has 4 rings (SSSR count). The minimum atomic E-state index is 0.392. The quantitative estimate of drug-likeness (QED) is 0.689. The number of hydrogen-bond acceptors (Lipinski definition) is 6. The molecule has 4 heterocycles. The molecule has 7 nitrogen and oxygen atoms in total. The zero-order valence-corrected chi connectivity index (χ0v) is 14.5. The summed E-state index contributed by atoms with van der Waals surface area (Å²) in [7, 11) is 0. The van der Waals surface area contributed by atoms with Gasteiger partial charge in [0.25, 0.3) is 0 Å². The summed E-state index contributed by atoms with van der Waals surface area (Å²) in [5.41, 5.74) is 0. The van der Waals surface area contributed by atoms with E-state index >= 15 is 0 Å². The summed E-state index contributed by atoms with van der Waals surface area (Å²) in [6.45, 7) is 1.79. The summed E-state index contributed by atoms with van der Waals surface area (Å²) >= 11 is 3.38. The van der Waals surface area contributed by atoms with Crippen LogP contribution in [-0.4, -0.2) is 42.8 Å². The van der Waals surface area contributed by atoms with Gasteiger partial charge in [0.2, 0.25) is 5.95 Å². The van der Waals surface area contributed by atoms with Gasteiger partial charge in [-0.25, -0.2) is 19.6 Å². The highest BCUT2D eigenvalue weighted by Crippen LogP contribution is 2.27. The number of hydrogen-bond donors (Lipinski definition) is 0. The first-order valence-corrected chi connectivity index (χ1v) is 8.64. The van der Waals surface area contributed by atoms with Crippen molar-refractivity contribution in [2.24, 2.45) is 0 Å². The van der Waals surface area contributed by atoms with E-state index in [0.717, 1.165) is 48.0 Å². The van der Waals surface area contributed by atoms with Gasteiger partial charge in [-0.15, -0.1) is 0 Å². The molecule has 0 amide bonds. The van der Waals surface area contributed by atoms with Crippen LogP contribution in [0.1, 0.15) is 24.6 Å². The average molecular weight is 386 g/mol. The highest BCUT2D eigenvalue weighted by molar-refractivity contribution is 9.10. The molecule has 0 saturated carbocycles. The first-order chi connectivity index (χ1) is 11.8. The molecule has 1 fully saturated rings. The van der Waals surface area contributed by atoms with Crippen LogP contribution in [0.5, 0.6) is 0 Å². The van der Waals surface area contributed by atoms with Crippen LogP contribution in [0.3, 0.4) is 0 Å². The Morgan fingerprint density at radius 1 is 1.04 bits per heavy atom. The fraction of sp³-hybridized carbons (Fsp3) is 0.312. The lowest BCUT2D eigenvalue weighted by atomic mass is 9.96. The Bertz CT molecular complexity index is 796. The van der Waals surface area contributed by atoms with Crippen molar-refractivity contribution in [3.05, 3.63) is 53.4 Å². The number of halogens is 1. The summed E-state index contributed by atoms with van der Waals surface area (Å²) < 4.78 is 2.65. The van der Waals surface area contributed by atoms with Gasteiger partial charge in [0, 0.05) is 56.1 Å². The van der Waals surface area contributed by atoms with Gasteiger partial charge in [-0.1, -0.05) is 0 Å². The van der Waals surface area contributed by atoms with Crippen molar-refractivity contribution < 1.29 is 0 Å². The minimum absolute atomic E-state index is 0.392. The lowest BCUT2D eigenvalue weighted by Crippen LogP contribution is -2.34. The van der Waals surface area contributed by atoms with Crippen LogP contribution in [0.2, 0.25) is 0 Å². The maximum Gasteiger partial charge on any atom is 0.227 e. The highest BCUT2D eigenvalue weighted by Gasteiger charge is 2.24. The second-order valence-electron chi connectivity index (χ2n) is 5.69. The van der Waals surface area contributed by atoms with Crippen molar-refractivity contribution in [1.82, 2.24) is 29.7 Å². The largest absolute Gasteiger partial charge is 0.341 e. The lowest BCUT2D eigenvalue weighted by Gasteiger charge is -2.31. The molecule has 122 valence electrons. The molecule has 0 N–H and O–H groups in total. The van der Waals surface area contributed by atoms with Gasteiger partial charge >= 0.3 is 0 Å². The van der Waals surface area contributed by atoms with Crippen LogP contribution in [0, 0.1) is 0 Å². The van der Waals surface area contributed by atoms with Crippen LogP contribution >= 0.6 is 15.9 Å². The predicted octanol–water partition coefficient (Wildman–Crippen LogP) is 2.60. The monoisotopic (exact) mass is 385 g/mol. The zero-order chi connectivity index (χ0) is 16.4. The van der Waals surface area contributed by atoms with Crippen molar-refractivity contribution in [2.45, 2.75) is 18.8 Å². The van der Waals surface area contributed by atoms with E-state index in [-0.39, 0.29) is 0 Å². The third kappa shape index (κ3) is 3.14. The van der Waals surface area contributed by atoms with E-state index in [4.69, 9.17) is 0 Å². The van der Waals surface area contributed by atoms with Gasteiger partial charge in [0.1, 0.15) is 5.82 Å². The molecule has 0 bridgehead atoms. The smallest absolute Gasteiger partial charge is 0.227 e. The second kappa shape index (κ2) is 6.64. The maximum atomic E-state index is 4.63. The van der Waals surface area contributed by atoms with Crippen molar-refractivity contribution in [3.8, 4) is 5.82 Å². The highest BCUT2D eigenvalue weighted by atomic mass is 79.9. The Kier molecular flexibility index (Phi) is 4.20. The van der Waals surface area contributed by atoms with E-state index in [9.17, 15) is 0 Å². The molecule has 3 aromatic rings. The fourth-order valence-electron chi connectivity index (χ4n) is 2.89. The standard InChI is InChI=1S/C16H16BrN7/c17-13-10-19-15(20-11-13)12-3-8-23(9-4-12)16-18-6-2-14(22-16)24-7-1-5-21-24/h1-2,5-7,10-12H,3-4,8-9H2. The Labute approximate surface area is 147 Å².